The van der Waals surface area contributed by atoms with E-state index in [0.29, 0.717) is 11.1 Å². The number of nitrogens with zero attached hydrogens (tertiary/aromatic N) is 1. The van der Waals surface area contributed by atoms with Crippen molar-refractivity contribution in [2.45, 2.75) is 44.0 Å². The SMILES string of the molecule is Cc1ccc(S(=O)(=O)N(c2cc(F)ccc2F)[C@H](C)c2ccc(F)cc2CCCC(=O)O)cc1. The van der Waals surface area contributed by atoms with E-state index in [1.165, 1.54) is 31.2 Å². The van der Waals surface area contributed by atoms with Crippen LogP contribution in [0.3, 0.4) is 0 Å². The van der Waals surface area contributed by atoms with Gasteiger partial charge in [0.05, 0.1) is 16.6 Å². The molecule has 0 unspecified atom stereocenters. The second-order valence-electron chi connectivity index (χ2n) is 7.98. The summed E-state index contributed by atoms with van der Waals surface area (Å²) in [6.07, 6.45) is 0.194. The van der Waals surface area contributed by atoms with Crippen molar-refractivity contribution < 1.29 is 31.5 Å². The minimum absolute atomic E-state index is 0.122. The summed E-state index contributed by atoms with van der Waals surface area (Å²) in [5, 5.41) is 8.93. The highest BCUT2D eigenvalue weighted by Crippen LogP contribution is 2.37. The molecule has 0 radical (unpaired) electrons. The van der Waals surface area contributed by atoms with Gasteiger partial charge in [-0.15, -0.1) is 0 Å². The summed E-state index contributed by atoms with van der Waals surface area (Å²) in [5.74, 6) is -3.37. The Labute approximate surface area is 196 Å². The van der Waals surface area contributed by atoms with Crippen LogP contribution in [0.15, 0.2) is 65.6 Å². The van der Waals surface area contributed by atoms with Crippen LogP contribution in [0.2, 0.25) is 0 Å². The van der Waals surface area contributed by atoms with Crippen molar-refractivity contribution in [2.24, 2.45) is 0 Å². The summed E-state index contributed by atoms with van der Waals surface area (Å²) in [4.78, 5) is 10.8. The number of carbonyl (C=O) groups is 1. The van der Waals surface area contributed by atoms with E-state index in [0.717, 1.165) is 34.1 Å². The fraction of sp³-hybridized carbons (Fsp3) is 0.240. The molecule has 0 aromatic heterocycles. The number of rotatable bonds is 9. The molecule has 1 N–H and O–H groups in total. The third kappa shape index (κ3) is 5.59. The number of carboxylic acids is 1. The molecule has 0 saturated carbocycles. The third-order valence-electron chi connectivity index (χ3n) is 5.47. The Morgan fingerprint density at radius 2 is 1.59 bits per heavy atom. The minimum Gasteiger partial charge on any atom is -0.481 e. The summed E-state index contributed by atoms with van der Waals surface area (Å²) in [7, 11) is -4.38. The van der Waals surface area contributed by atoms with Crippen molar-refractivity contribution in [1.82, 2.24) is 0 Å². The maximum absolute atomic E-state index is 14.9. The standard InChI is InChI=1S/C25H24F3NO4S/c1-16-6-10-21(11-7-16)34(32,33)29(24-15-20(27)9-13-23(24)28)17(2)22-12-8-19(26)14-18(22)4-3-5-25(30)31/h6-15,17H,3-5H2,1-2H3,(H,30,31)/t17-/m1/s1. The van der Waals surface area contributed by atoms with E-state index in [2.05, 4.69) is 0 Å². The molecule has 0 heterocycles. The van der Waals surface area contributed by atoms with Crippen molar-refractivity contribution in [2.75, 3.05) is 4.31 Å². The molecule has 0 bridgehead atoms. The largest absolute Gasteiger partial charge is 0.481 e. The number of aliphatic carboxylic acids is 1. The molecular weight excluding hydrogens is 467 g/mol. The Morgan fingerprint density at radius 1 is 0.971 bits per heavy atom. The second kappa shape index (κ2) is 10.3. The first-order valence-corrected chi connectivity index (χ1v) is 12.0. The summed E-state index contributed by atoms with van der Waals surface area (Å²) in [6, 6.07) is 11.1. The topological polar surface area (TPSA) is 74.7 Å². The van der Waals surface area contributed by atoms with Gasteiger partial charge in [0, 0.05) is 12.5 Å². The molecule has 3 aromatic carbocycles. The van der Waals surface area contributed by atoms with Gasteiger partial charge in [0.25, 0.3) is 10.0 Å². The maximum atomic E-state index is 14.9. The highest BCUT2D eigenvalue weighted by molar-refractivity contribution is 7.92. The zero-order valence-corrected chi connectivity index (χ0v) is 19.4. The number of hydrogen-bond donors (Lipinski definition) is 1. The molecule has 0 aliphatic rings. The van der Waals surface area contributed by atoms with Gasteiger partial charge in [-0.2, -0.15) is 0 Å². The van der Waals surface area contributed by atoms with Crippen LogP contribution >= 0.6 is 0 Å². The fourth-order valence-corrected chi connectivity index (χ4v) is 5.42. The predicted octanol–water partition coefficient (Wildman–Crippen LogP) is 5.78. The maximum Gasteiger partial charge on any atom is 0.303 e. The number of carboxylic acid groups (broad SMARTS) is 1. The normalized spacial score (nSPS) is 12.4. The smallest absolute Gasteiger partial charge is 0.303 e. The van der Waals surface area contributed by atoms with Crippen LogP contribution in [0.4, 0.5) is 18.9 Å². The zero-order valence-electron chi connectivity index (χ0n) is 18.6. The number of hydrogen-bond acceptors (Lipinski definition) is 3. The van der Waals surface area contributed by atoms with Crippen LogP contribution < -0.4 is 4.31 Å². The predicted molar refractivity (Wildman–Crippen MR) is 123 cm³/mol. The molecule has 0 amide bonds. The Balaban J connectivity index is 2.17. The lowest BCUT2D eigenvalue weighted by molar-refractivity contribution is -0.137. The number of halogens is 3. The molecule has 5 nitrogen and oxygen atoms in total. The molecule has 1 atom stereocenters. The Morgan fingerprint density at radius 3 is 2.24 bits per heavy atom. The van der Waals surface area contributed by atoms with Gasteiger partial charge in [0.1, 0.15) is 17.5 Å². The molecule has 0 spiro atoms. The molecule has 180 valence electrons. The zero-order chi connectivity index (χ0) is 25.0. The number of sulfonamides is 1. The van der Waals surface area contributed by atoms with Crippen molar-refractivity contribution in [3.05, 3.63) is 94.8 Å². The van der Waals surface area contributed by atoms with Gasteiger partial charge >= 0.3 is 5.97 Å². The number of anilines is 1. The molecule has 34 heavy (non-hydrogen) atoms. The molecule has 0 saturated heterocycles. The first kappa shape index (κ1) is 25.3. The van der Waals surface area contributed by atoms with E-state index >= 15 is 0 Å². The highest BCUT2D eigenvalue weighted by atomic mass is 32.2. The minimum atomic E-state index is -4.38. The van der Waals surface area contributed by atoms with Crippen LogP contribution in [0.5, 0.6) is 0 Å². The van der Waals surface area contributed by atoms with Gasteiger partial charge in [-0.25, -0.2) is 21.6 Å². The van der Waals surface area contributed by atoms with E-state index in [4.69, 9.17) is 5.11 Å². The van der Waals surface area contributed by atoms with E-state index in [9.17, 15) is 26.4 Å². The second-order valence-corrected chi connectivity index (χ2v) is 9.79. The summed E-state index contributed by atoms with van der Waals surface area (Å²) in [5.41, 5.74) is 1.06. The molecule has 3 aromatic rings. The van der Waals surface area contributed by atoms with Gasteiger partial charge in [-0.3, -0.25) is 9.10 Å². The lowest BCUT2D eigenvalue weighted by Crippen LogP contribution is -2.35. The Kier molecular flexibility index (Phi) is 7.66. The first-order chi connectivity index (χ1) is 16.0. The lowest BCUT2D eigenvalue weighted by Gasteiger charge is -2.32. The van der Waals surface area contributed by atoms with Crippen molar-refractivity contribution in [3.63, 3.8) is 0 Å². The number of aryl methyl sites for hydroxylation is 2. The molecule has 9 heteroatoms. The van der Waals surface area contributed by atoms with Gasteiger partial charge < -0.3 is 5.11 Å². The molecular formula is C25H24F3NO4S. The average Bonchev–Trinajstić information content (AvgIpc) is 2.76. The molecule has 0 fully saturated rings. The van der Waals surface area contributed by atoms with Crippen LogP contribution in [-0.4, -0.2) is 19.5 Å². The van der Waals surface area contributed by atoms with Crippen molar-refractivity contribution in [3.8, 4) is 0 Å². The van der Waals surface area contributed by atoms with E-state index in [1.54, 1.807) is 19.1 Å². The summed E-state index contributed by atoms with van der Waals surface area (Å²) in [6.45, 7) is 3.27. The average molecular weight is 492 g/mol. The van der Waals surface area contributed by atoms with E-state index < -0.39 is 45.2 Å². The summed E-state index contributed by atoms with van der Waals surface area (Å²) >= 11 is 0. The quantitative estimate of drug-likeness (QED) is 0.412. The lowest BCUT2D eigenvalue weighted by atomic mass is 9.96. The Hall–Kier alpha value is -3.33. The molecule has 3 rings (SSSR count). The van der Waals surface area contributed by atoms with E-state index in [-0.39, 0.29) is 24.2 Å². The fourth-order valence-electron chi connectivity index (χ4n) is 3.78. The molecule has 0 aliphatic carbocycles. The van der Waals surface area contributed by atoms with Crippen LogP contribution in [0.1, 0.15) is 42.5 Å². The van der Waals surface area contributed by atoms with Crippen LogP contribution in [0, 0.1) is 24.4 Å². The van der Waals surface area contributed by atoms with Gasteiger partial charge in [0.2, 0.25) is 0 Å². The third-order valence-corrected chi connectivity index (χ3v) is 7.37. The first-order valence-electron chi connectivity index (χ1n) is 10.6. The monoisotopic (exact) mass is 491 g/mol. The summed E-state index contributed by atoms with van der Waals surface area (Å²) < 4.78 is 71.1. The van der Waals surface area contributed by atoms with E-state index in [1.807, 2.05) is 0 Å². The van der Waals surface area contributed by atoms with Gasteiger partial charge in [0.15, 0.2) is 0 Å². The van der Waals surface area contributed by atoms with Gasteiger partial charge in [-0.1, -0.05) is 23.8 Å². The van der Waals surface area contributed by atoms with Crippen LogP contribution in [-0.2, 0) is 21.2 Å². The Bertz CT molecular complexity index is 1290. The van der Waals surface area contributed by atoms with Gasteiger partial charge in [-0.05, 0) is 74.2 Å². The van der Waals surface area contributed by atoms with Crippen LogP contribution in [0.25, 0.3) is 0 Å². The van der Waals surface area contributed by atoms with Crippen molar-refractivity contribution in [1.29, 1.82) is 0 Å². The number of benzene rings is 3. The van der Waals surface area contributed by atoms with Crippen molar-refractivity contribution >= 4 is 21.7 Å². The molecule has 0 aliphatic heterocycles. The highest BCUT2D eigenvalue weighted by Gasteiger charge is 2.33.